The molecule has 0 unspecified atom stereocenters. The van der Waals surface area contributed by atoms with Crippen molar-refractivity contribution in [3.8, 4) is 11.5 Å². The minimum absolute atomic E-state index is 0.183. The number of hydrogen-bond acceptors (Lipinski definition) is 5. The van der Waals surface area contributed by atoms with E-state index in [0.29, 0.717) is 13.2 Å². The van der Waals surface area contributed by atoms with Gasteiger partial charge >= 0.3 is 6.09 Å². The molecule has 1 amide bonds. The van der Waals surface area contributed by atoms with E-state index in [1.54, 1.807) is 0 Å². The van der Waals surface area contributed by atoms with E-state index >= 15 is 0 Å². The summed E-state index contributed by atoms with van der Waals surface area (Å²) in [4.78, 5) is 13.3. The molecule has 6 heteroatoms. The molecular weight excluding hydrogens is 368 g/mol. The van der Waals surface area contributed by atoms with Gasteiger partial charge in [-0.2, -0.15) is 0 Å². The van der Waals surface area contributed by atoms with Crippen LogP contribution in [-0.2, 0) is 11.3 Å². The standard InChI is InChI=1S/C23H30N2O4/c1-23(2,29-22(24)26)17-25-14-12-21(13-15-25)28-20-10-8-19(9-11-20)27-16-18-6-4-3-5-7-18/h3-11,21H,12-17H2,1-2H3,(H2,24,26). The van der Waals surface area contributed by atoms with Gasteiger partial charge in [0.1, 0.15) is 29.8 Å². The SMILES string of the molecule is CC(C)(CN1CCC(Oc2ccc(OCc3ccccc3)cc2)CC1)OC(N)=O. The number of nitrogens with zero attached hydrogens (tertiary/aromatic N) is 1. The fourth-order valence-electron chi connectivity index (χ4n) is 3.58. The number of piperidine rings is 1. The van der Waals surface area contributed by atoms with E-state index in [1.807, 2.05) is 68.4 Å². The first-order valence-electron chi connectivity index (χ1n) is 10.0. The molecular formula is C23H30N2O4. The second kappa shape index (κ2) is 9.65. The van der Waals surface area contributed by atoms with Gasteiger partial charge in [0, 0.05) is 19.6 Å². The highest BCUT2D eigenvalue weighted by molar-refractivity contribution is 5.65. The second-order valence-electron chi connectivity index (χ2n) is 8.02. The van der Waals surface area contributed by atoms with Crippen LogP contribution in [-0.4, -0.2) is 42.3 Å². The lowest BCUT2D eigenvalue weighted by atomic mass is 10.0. The lowest BCUT2D eigenvalue weighted by molar-refractivity contribution is 0.000816. The van der Waals surface area contributed by atoms with Crippen LogP contribution < -0.4 is 15.2 Å². The Morgan fingerprint density at radius 3 is 2.28 bits per heavy atom. The Morgan fingerprint density at radius 1 is 1.03 bits per heavy atom. The number of nitrogens with two attached hydrogens (primary N) is 1. The first-order chi connectivity index (χ1) is 13.9. The Kier molecular flexibility index (Phi) is 6.99. The summed E-state index contributed by atoms with van der Waals surface area (Å²) >= 11 is 0. The van der Waals surface area contributed by atoms with Crippen molar-refractivity contribution in [3.63, 3.8) is 0 Å². The van der Waals surface area contributed by atoms with Crippen LogP contribution in [0.4, 0.5) is 4.79 Å². The fraction of sp³-hybridized carbons (Fsp3) is 0.435. The summed E-state index contributed by atoms with van der Waals surface area (Å²) in [6, 6.07) is 17.9. The molecule has 2 aromatic carbocycles. The van der Waals surface area contributed by atoms with Crippen molar-refractivity contribution < 1.29 is 19.0 Å². The summed E-state index contributed by atoms with van der Waals surface area (Å²) in [6.45, 7) is 6.76. The van der Waals surface area contributed by atoms with Gasteiger partial charge in [-0.1, -0.05) is 30.3 Å². The molecule has 0 spiro atoms. The first kappa shape index (κ1) is 21.0. The molecule has 0 aromatic heterocycles. The normalized spacial score (nSPS) is 15.7. The molecule has 3 rings (SSSR count). The minimum atomic E-state index is -0.732. The highest BCUT2D eigenvalue weighted by Crippen LogP contribution is 2.23. The highest BCUT2D eigenvalue weighted by Gasteiger charge is 2.28. The molecule has 1 aliphatic heterocycles. The van der Waals surface area contributed by atoms with E-state index in [1.165, 1.54) is 0 Å². The van der Waals surface area contributed by atoms with Crippen LogP contribution in [0.15, 0.2) is 54.6 Å². The number of carbonyl (C=O) groups excluding carboxylic acids is 1. The molecule has 1 fully saturated rings. The van der Waals surface area contributed by atoms with Gasteiger partial charge in [-0.3, -0.25) is 4.90 Å². The van der Waals surface area contributed by atoms with E-state index in [9.17, 15) is 4.79 Å². The predicted octanol–water partition coefficient (Wildman–Crippen LogP) is 3.98. The third-order valence-corrected chi connectivity index (χ3v) is 4.89. The van der Waals surface area contributed by atoms with Crippen LogP contribution in [0.5, 0.6) is 11.5 Å². The third kappa shape index (κ3) is 6.98. The van der Waals surface area contributed by atoms with E-state index in [2.05, 4.69) is 4.90 Å². The lowest BCUT2D eigenvalue weighted by Gasteiger charge is -2.36. The van der Waals surface area contributed by atoms with Crippen molar-refractivity contribution in [2.75, 3.05) is 19.6 Å². The molecule has 1 saturated heterocycles. The quantitative estimate of drug-likeness (QED) is 0.728. The molecule has 1 heterocycles. The van der Waals surface area contributed by atoms with Gasteiger partial charge in [-0.15, -0.1) is 0 Å². The van der Waals surface area contributed by atoms with Gasteiger partial charge < -0.3 is 19.9 Å². The topological polar surface area (TPSA) is 74.0 Å². The molecule has 6 nitrogen and oxygen atoms in total. The number of likely N-dealkylation sites (tertiary alicyclic amines) is 1. The summed E-state index contributed by atoms with van der Waals surface area (Å²) in [7, 11) is 0. The van der Waals surface area contributed by atoms with Gasteiger partial charge in [0.05, 0.1) is 0 Å². The summed E-state index contributed by atoms with van der Waals surface area (Å²) in [5.74, 6) is 1.68. The van der Waals surface area contributed by atoms with Crippen LogP contribution in [0.25, 0.3) is 0 Å². The molecule has 0 radical (unpaired) electrons. The summed E-state index contributed by atoms with van der Waals surface area (Å²) < 4.78 is 17.1. The number of carbonyl (C=O) groups is 1. The third-order valence-electron chi connectivity index (χ3n) is 4.89. The average molecular weight is 399 g/mol. The van der Waals surface area contributed by atoms with E-state index in [0.717, 1.165) is 43.0 Å². The van der Waals surface area contributed by atoms with Crippen molar-refractivity contribution in [2.45, 2.75) is 45.0 Å². The van der Waals surface area contributed by atoms with Crippen molar-refractivity contribution in [2.24, 2.45) is 5.73 Å². The predicted molar refractivity (Wildman–Crippen MR) is 112 cm³/mol. The Hall–Kier alpha value is -2.73. The Bertz CT molecular complexity index is 769. The van der Waals surface area contributed by atoms with E-state index in [-0.39, 0.29) is 6.10 Å². The van der Waals surface area contributed by atoms with Gasteiger partial charge in [-0.25, -0.2) is 4.79 Å². The van der Waals surface area contributed by atoms with Gasteiger partial charge in [-0.05, 0) is 56.5 Å². The zero-order valence-corrected chi connectivity index (χ0v) is 17.2. The second-order valence-corrected chi connectivity index (χ2v) is 8.02. The summed E-state index contributed by atoms with van der Waals surface area (Å²) in [5.41, 5.74) is 5.70. The van der Waals surface area contributed by atoms with Gasteiger partial charge in [0.2, 0.25) is 0 Å². The van der Waals surface area contributed by atoms with Gasteiger partial charge in [0.25, 0.3) is 0 Å². The number of hydrogen-bond donors (Lipinski definition) is 1. The molecule has 0 saturated carbocycles. The monoisotopic (exact) mass is 398 g/mol. The number of primary amides is 1. The van der Waals surface area contributed by atoms with Crippen LogP contribution in [0, 0.1) is 0 Å². The van der Waals surface area contributed by atoms with E-state index < -0.39 is 11.7 Å². The molecule has 156 valence electrons. The van der Waals surface area contributed by atoms with Crippen LogP contribution >= 0.6 is 0 Å². The summed E-state index contributed by atoms with van der Waals surface area (Å²) in [5, 5.41) is 0. The molecule has 2 N–H and O–H groups in total. The van der Waals surface area contributed by atoms with Crippen molar-refractivity contribution in [1.82, 2.24) is 4.90 Å². The molecule has 1 aliphatic rings. The first-order valence-corrected chi connectivity index (χ1v) is 10.0. The maximum atomic E-state index is 11.0. The number of amides is 1. The maximum Gasteiger partial charge on any atom is 0.405 e. The zero-order chi connectivity index (χ0) is 20.7. The van der Waals surface area contributed by atoms with Crippen LogP contribution in [0.1, 0.15) is 32.3 Å². The van der Waals surface area contributed by atoms with Crippen molar-refractivity contribution in [3.05, 3.63) is 60.2 Å². The largest absolute Gasteiger partial charge is 0.490 e. The fourth-order valence-corrected chi connectivity index (χ4v) is 3.58. The molecule has 0 aliphatic carbocycles. The van der Waals surface area contributed by atoms with Crippen LogP contribution in [0.3, 0.4) is 0 Å². The Morgan fingerprint density at radius 2 is 1.66 bits per heavy atom. The lowest BCUT2D eigenvalue weighted by Crippen LogP contribution is -2.47. The zero-order valence-electron chi connectivity index (χ0n) is 17.2. The Labute approximate surface area is 172 Å². The number of rotatable bonds is 8. The number of benzene rings is 2. The van der Waals surface area contributed by atoms with Crippen LogP contribution in [0.2, 0.25) is 0 Å². The molecule has 29 heavy (non-hydrogen) atoms. The minimum Gasteiger partial charge on any atom is -0.490 e. The van der Waals surface area contributed by atoms with Crippen molar-refractivity contribution in [1.29, 1.82) is 0 Å². The molecule has 0 bridgehead atoms. The maximum absolute atomic E-state index is 11.0. The molecule has 0 atom stereocenters. The van der Waals surface area contributed by atoms with E-state index in [4.69, 9.17) is 19.9 Å². The highest BCUT2D eigenvalue weighted by atomic mass is 16.6. The average Bonchev–Trinajstić information content (AvgIpc) is 2.68. The Balaban J connectivity index is 1.41. The smallest absolute Gasteiger partial charge is 0.405 e. The van der Waals surface area contributed by atoms with Crippen molar-refractivity contribution >= 4 is 6.09 Å². The number of ether oxygens (including phenoxy) is 3. The van der Waals surface area contributed by atoms with Gasteiger partial charge in [0.15, 0.2) is 0 Å². The molecule has 2 aromatic rings. The summed E-state index contributed by atoms with van der Waals surface area (Å²) in [6.07, 6.45) is 1.31.